The van der Waals surface area contributed by atoms with Crippen LogP contribution in [0.15, 0.2) is 53.4 Å². The van der Waals surface area contributed by atoms with Gasteiger partial charge in [-0.05, 0) is 51.4 Å². The standard InChI is InChI=1S/C19H25N3O3S/c1-15-8-10-17(11-9-15)22(4)26(24,25)18-7-5-6-16(14-18)19(23)20-12-13-21(2)3/h5-11,14H,12-13H2,1-4H3,(H,20,23). The molecule has 2 rings (SSSR count). The van der Waals surface area contributed by atoms with Gasteiger partial charge in [0, 0.05) is 25.7 Å². The van der Waals surface area contributed by atoms with Gasteiger partial charge in [-0.15, -0.1) is 0 Å². The number of carbonyl (C=O) groups is 1. The zero-order chi connectivity index (χ0) is 19.3. The Kier molecular flexibility index (Phi) is 6.39. The number of sulfonamides is 1. The van der Waals surface area contributed by atoms with Gasteiger partial charge < -0.3 is 10.2 Å². The zero-order valence-corrected chi connectivity index (χ0v) is 16.4. The van der Waals surface area contributed by atoms with E-state index < -0.39 is 10.0 Å². The lowest BCUT2D eigenvalue weighted by atomic mass is 10.2. The van der Waals surface area contributed by atoms with E-state index in [-0.39, 0.29) is 10.8 Å². The minimum absolute atomic E-state index is 0.0841. The molecule has 0 aliphatic heterocycles. The molecule has 7 heteroatoms. The first-order valence-electron chi connectivity index (χ1n) is 8.30. The summed E-state index contributed by atoms with van der Waals surface area (Å²) in [5.41, 5.74) is 1.94. The summed E-state index contributed by atoms with van der Waals surface area (Å²) in [6.45, 7) is 3.14. The van der Waals surface area contributed by atoms with E-state index in [0.717, 1.165) is 5.56 Å². The lowest BCUT2D eigenvalue weighted by Crippen LogP contribution is -2.31. The molecule has 0 bridgehead atoms. The van der Waals surface area contributed by atoms with Crippen molar-refractivity contribution in [3.05, 3.63) is 59.7 Å². The molecule has 140 valence electrons. The predicted octanol–water partition coefficient (Wildman–Crippen LogP) is 2.11. The van der Waals surface area contributed by atoms with E-state index in [4.69, 9.17) is 0 Å². The molecule has 0 aliphatic carbocycles. The van der Waals surface area contributed by atoms with Crippen LogP contribution in [0.2, 0.25) is 0 Å². The number of carbonyl (C=O) groups excluding carboxylic acids is 1. The smallest absolute Gasteiger partial charge is 0.264 e. The molecule has 0 saturated heterocycles. The number of aryl methyl sites for hydroxylation is 1. The van der Waals surface area contributed by atoms with Crippen molar-refractivity contribution in [1.29, 1.82) is 0 Å². The van der Waals surface area contributed by atoms with E-state index in [9.17, 15) is 13.2 Å². The topological polar surface area (TPSA) is 69.7 Å². The number of nitrogens with one attached hydrogen (secondary N) is 1. The molecule has 2 aromatic rings. The number of nitrogens with zero attached hydrogens (tertiary/aromatic N) is 2. The van der Waals surface area contributed by atoms with Crippen LogP contribution in [-0.2, 0) is 10.0 Å². The van der Waals surface area contributed by atoms with Crippen molar-refractivity contribution in [2.75, 3.05) is 38.5 Å². The lowest BCUT2D eigenvalue weighted by Gasteiger charge is -2.20. The van der Waals surface area contributed by atoms with E-state index in [2.05, 4.69) is 5.32 Å². The first-order valence-corrected chi connectivity index (χ1v) is 9.74. The Balaban J connectivity index is 2.22. The number of hydrogen-bond donors (Lipinski definition) is 1. The fourth-order valence-corrected chi connectivity index (χ4v) is 3.59. The second-order valence-electron chi connectivity index (χ2n) is 6.40. The Bertz CT molecular complexity index is 862. The minimum Gasteiger partial charge on any atom is -0.351 e. The summed E-state index contributed by atoms with van der Waals surface area (Å²) in [6.07, 6.45) is 0. The normalized spacial score (nSPS) is 11.4. The molecule has 0 atom stereocenters. The average molecular weight is 375 g/mol. The first kappa shape index (κ1) is 19.9. The summed E-state index contributed by atoms with van der Waals surface area (Å²) < 4.78 is 27.0. The highest BCUT2D eigenvalue weighted by Gasteiger charge is 2.22. The number of anilines is 1. The summed E-state index contributed by atoms with van der Waals surface area (Å²) >= 11 is 0. The van der Waals surface area contributed by atoms with Crippen molar-refractivity contribution in [2.24, 2.45) is 0 Å². The van der Waals surface area contributed by atoms with E-state index >= 15 is 0 Å². The molecule has 0 spiro atoms. The zero-order valence-electron chi connectivity index (χ0n) is 15.6. The van der Waals surface area contributed by atoms with Crippen molar-refractivity contribution in [2.45, 2.75) is 11.8 Å². The monoisotopic (exact) mass is 375 g/mol. The van der Waals surface area contributed by atoms with Gasteiger partial charge in [-0.25, -0.2) is 8.42 Å². The molecule has 0 unspecified atom stereocenters. The van der Waals surface area contributed by atoms with Crippen LogP contribution < -0.4 is 9.62 Å². The Morgan fingerprint density at radius 1 is 1.04 bits per heavy atom. The van der Waals surface area contributed by atoms with Gasteiger partial charge in [-0.3, -0.25) is 9.10 Å². The van der Waals surface area contributed by atoms with Gasteiger partial charge in [0.05, 0.1) is 10.6 Å². The SMILES string of the molecule is Cc1ccc(N(C)S(=O)(=O)c2cccc(C(=O)NCCN(C)C)c2)cc1. The molecule has 0 fully saturated rings. The highest BCUT2D eigenvalue weighted by molar-refractivity contribution is 7.92. The van der Waals surface area contributed by atoms with Crippen LogP contribution in [0.25, 0.3) is 0 Å². The van der Waals surface area contributed by atoms with Crippen molar-refractivity contribution in [1.82, 2.24) is 10.2 Å². The van der Waals surface area contributed by atoms with E-state index in [1.807, 2.05) is 38.1 Å². The van der Waals surface area contributed by atoms with Gasteiger partial charge in [0.25, 0.3) is 15.9 Å². The molecule has 2 aromatic carbocycles. The van der Waals surface area contributed by atoms with Crippen molar-refractivity contribution >= 4 is 21.6 Å². The summed E-state index contributed by atoms with van der Waals surface area (Å²) in [4.78, 5) is 14.3. The fraction of sp³-hybridized carbons (Fsp3) is 0.316. The maximum absolute atomic E-state index is 12.9. The van der Waals surface area contributed by atoms with Gasteiger partial charge in [0.2, 0.25) is 0 Å². The predicted molar refractivity (Wildman–Crippen MR) is 104 cm³/mol. The molecule has 1 N–H and O–H groups in total. The molecule has 6 nitrogen and oxygen atoms in total. The van der Waals surface area contributed by atoms with Crippen LogP contribution in [0.4, 0.5) is 5.69 Å². The number of benzene rings is 2. The molecule has 0 radical (unpaired) electrons. The number of rotatable bonds is 7. The Morgan fingerprint density at radius 2 is 1.69 bits per heavy atom. The largest absolute Gasteiger partial charge is 0.351 e. The first-order chi connectivity index (χ1) is 12.2. The Morgan fingerprint density at radius 3 is 2.31 bits per heavy atom. The lowest BCUT2D eigenvalue weighted by molar-refractivity contribution is 0.0951. The van der Waals surface area contributed by atoms with Crippen LogP contribution >= 0.6 is 0 Å². The van der Waals surface area contributed by atoms with Gasteiger partial charge >= 0.3 is 0 Å². The third-order valence-corrected chi connectivity index (χ3v) is 5.78. The van der Waals surface area contributed by atoms with Crippen molar-refractivity contribution < 1.29 is 13.2 Å². The number of hydrogen-bond acceptors (Lipinski definition) is 4. The average Bonchev–Trinajstić information content (AvgIpc) is 2.61. The van der Waals surface area contributed by atoms with Gasteiger partial charge in [-0.2, -0.15) is 0 Å². The summed E-state index contributed by atoms with van der Waals surface area (Å²) in [6, 6.07) is 13.3. The van der Waals surface area contributed by atoms with E-state index in [1.54, 1.807) is 24.3 Å². The quantitative estimate of drug-likeness (QED) is 0.805. The molecule has 1 amide bonds. The number of likely N-dealkylation sites (N-methyl/N-ethyl adjacent to an activating group) is 1. The summed E-state index contributed by atoms with van der Waals surface area (Å²) in [7, 11) is 1.59. The van der Waals surface area contributed by atoms with Crippen LogP contribution in [0, 0.1) is 6.92 Å². The minimum atomic E-state index is -3.75. The molecule has 0 heterocycles. The van der Waals surface area contributed by atoms with E-state index in [0.29, 0.717) is 24.3 Å². The van der Waals surface area contributed by atoms with E-state index in [1.165, 1.54) is 23.5 Å². The molecule has 0 saturated carbocycles. The maximum atomic E-state index is 12.9. The second-order valence-corrected chi connectivity index (χ2v) is 8.36. The third kappa shape index (κ3) is 4.83. The van der Waals surface area contributed by atoms with Crippen LogP contribution in [0.3, 0.4) is 0 Å². The highest BCUT2D eigenvalue weighted by Crippen LogP contribution is 2.23. The Labute approximate surface area is 155 Å². The van der Waals surface area contributed by atoms with Gasteiger partial charge in [0.1, 0.15) is 0 Å². The van der Waals surface area contributed by atoms with Gasteiger partial charge in [0.15, 0.2) is 0 Å². The van der Waals surface area contributed by atoms with Crippen molar-refractivity contribution in [3.63, 3.8) is 0 Å². The second kappa shape index (κ2) is 8.33. The molecular formula is C19H25N3O3S. The summed E-state index contributed by atoms with van der Waals surface area (Å²) in [5, 5.41) is 2.79. The summed E-state index contributed by atoms with van der Waals surface area (Å²) in [5.74, 6) is -0.290. The van der Waals surface area contributed by atoms with Crippen LogP contribution in [0.5, 0.6) is 0 Å². The molecule has 0 aromatic heterocycles. The fourth-order valence-electron chi connectivity index (χ4n) is 2.34. The third-order valence-electron chi connectivity index (χ3n) is 4.00. The highest BCUT2D eigenvalue weighted by atomic mass is 32.2. The van der Waals surface area contributed by atoms with Crippen LogP contribution in [0.1, 0.15) is 15.9 Å². The number of amides is 1. The molecular weight excluding hydrogens is 350 g/mol. The molecule has 0 aliphatic rings. The van der Waals surface area contributed by atoms with Crippen molar-refractivity contribution in [3.8, 4) is 0 Å². The van der Waals surface area contributed by atoms with Gasteiger partial charge in [-0.1, -0.05) is 23.8 Å². The Hall–Kier alpha value is -2.38. The van der Waals surface area contributed by atoms with Crippen LogP contribution in [-0.4, -0.2) is 53.5 Å². The molecule has 26 heavy (non-hydrogen) atoms. The maximum Gasteiger partial charge on any atom is 0.264 e.